The van der Waals surface area contributed by atoms with E-state index in [2.05, 4.69) is 14.8 Å². The standard InChI is InChI=1S/C10H16N4O2S/c15-17(16,6-8-3-4-8)13-9-2-1-5-14-10(9)11-7-12-14/h7-9,13H,1-6H2. The summed E-state index contributed by atoms with van der Waals surface area (Å²) >= 11 is 0. The molecule has 0 spiro atoms. The predicted molar refractivity (Wildman–Crippen MR) is 61.6 cm³/mol. The normalized spacial score (nSPS) is 24.6. The minimum absolute atomic E-state index is 0.199. The van der Waals surface area contributed by atoms with Crippen LogP contribution >= 0.6 is 0 Å². The molecule has 6 nitrogen and oxygen atoms in total. The lowest BCUT2D eigenvalue weighted by Crippen LogP contribution is -2.35. The van der Waals surface area contributed by atoms with E-state index in [9.17, 15) is 8.42 Å². The SMILES string of the molecule is O=S(=O)(CC1CC1)NC1CCCn2ncnc21. The Bertz CT molecular complexity index is 506. The number of nitrogens with one attached hydrogen (secondary N) is 1. The molecular weight excluding hydrogens is 240 g/mol. The molecule has 1 unspecified atom stereocenters. The van der Waals surface area contributed by atoms with Crippen molar-refractivity contribution in [3.05, 3.63) is 12.2 Å². The molecule has 1 aliphatic heterocycles. The number of rotatable bonds is 4. The maximum atomic E-state index is 11.9. The molecular formula is C10H16N4O2S. The maximum absolute atomic E-state index is 11.9. The van der Waals surface area contributed by atoms with Gasteiger partial charge in [-0.3, -0.25) is 0 Å². The summed E-state index contributed by atoms with van der Waals surface area (Å²) in [5, 5.41) is 4.08. The summed E-state index contributed by atoms with van der Waals surface area (Å²) in [4.78, 5) is 4.14. The van der Waals surface area contributed by atoms with E-state index >= 15 is 0 Å². The second-order valence-corrected chi connectivity index (χ2v) is 6.68. The highest BCUT2D eigenvalue weighted by Gasteiger charge is 2.31. The molecule has 7 heteroatoms. The minimum Gasteiger partial charge on any atom is -0.248 e. The number of aromatic nitrogens is 3. The molecule has 3 rings (SSSR count). The van der Waals surface area contributed by atoms with Gasteiger partial charge in [0.05, 0.1) is 11.8 Å². The van der Waals surface area contributed by atoms with E-state index in [0.717, 1.165) is 38.1 Å². The number of hydrogen-bond acceptors (Lipinski definition) is 4. The Balaban J connectivity index is 1.74. The molecule has 2 heterocycles. The van der Waals surface area contributed by atoms with E-state index in [4.69, 9.17) is 0 Å². The lowest BCUT2D eigenvalue weighted by atomic mass is 10.1. The third-order valence-electron chi connectivity index (χ3n) is 3.29. The van der Waals surface area contributed by atoms with Crippen LogP contribution in [0.5, 0.6) is 0 Å². The Kier molecular flexibility index (Phi) is 2.67. The quantitative estimate of drug-likeness (QED) is 0.848. The van der Waals surface area contributed by atoms with Crippen LogP contribution in [-0.2, 0) is 16.6 Å². The van der Waals surface area contributed by atoms with Crippen molar-refractivity contribution >= 4 is 10.0 Å². The third-order valence-corrected chi connectivity index (χ3v) is 4.85. The molecule has 1 aromatic rings. The average Bonchev–Trinajstić information content (AvgIpc) is 2.93. The van der Waals surface area contributed by atoms with Crippen molar-refractivity contribution in [1.29, 1.82) is 0 Å². The molecule has 1 aliphatic carbocycles. The molecule has 0 bridgehead atoms. The van der Waals surface area contributed by atoms with E-state index < -0.39 is 10.0 Å². The van der Waals surface area contributed by atoms with Gasteiger partial charge in [-0.05, 0) is 31.6 Å². The zero-order chi connectivity index (χ0) is 11.9. The second kappa shape index (κ2) is 4.06. The maximum Gasteiger partial charge on any atom is 0.212 e. The van der Waals surface area contributed by atoms with Gasteiger partial charge in [0.2, 0.25) is 10.0 Å². The lowest BCUT2D eigenvalue weighted by Gasteiger charge is -2.22. The molecule has 1 N–H and O–H groups in total. The van der Waals surface area contributed by atoms with Gasteiger partial charge >= 0.3 is 0 Å². The van der Waals surface area contributed by atoms with Gasteiger partial charge < -0.3 is 0 Å². The van der Waals surface area contributed by atoms with Crippen LogP contribution in [0, 0.1) is 5.92 Å². The van der Waals surface area contributed by atoms with Crippen LogP contribution in [0.25, 0.3) is 0 Å². The average molecular weight is 256 g/mol. The molecule has 2 aliphatic rings. The van der Waals surface area contributed by atoms with Gasteiger partial charge in [0.1, 0.15) is 12.2 Å². The molecule has 1 saturated carbocycles. The third kappa shape index (κ3) is 2.50. The van der Waals surface area contributed by atoms with Gasteiger partial charge in [-0.15, -0.1) is 0 Å². The second-order valence-electron chi connectivity index (χ2n) is 4.88. The van der Waals surface area contributed by atoms with Gasteiger partial charge in [-0.2, -0.15) is 5.10 Å². The molecule has 0 radical (unpaired) electrons. The summed E-state index contributed by atoms with van der Waals surface area (Å²) in [5.41, 5.74) is 0. The van der Waals surface area contributed by atoms with Crippen LogP contribution < -0.4 is 4.72 Å². The van der Waals surface area contributed by atoms with Crippen molar-refractivity contribution in [2.45, 2.75) is 38.3 Å². The van der Waals surface area contributed by atoms with Crippen LogP contribution in [-0.4, -0.2) is 28.9 Å². The fraction of sp³-hybridized carbons (Fsp3) is 0.800. The molecule has 1 atom stereocenters. The number of fused-ring (bicyclic) bond motifs is 1. The van der Waals surface area contributed by atoms with Crippen LogP contribution in [0.1, 0.15) is 37.5 Å². The van der Waals surface area contributed by atoms with E-state index in [-0.39, 0.29) is 11.8 Å². The highest BCUT2D eigenvalue weighted by atomic mass is 32.2. The fourth-order valence-electron chi connectivity index (χ4n) is 2.26. The number of hydrogen-bond donors (Lipinski definition) is 1. The first kappa shape index (κ1) is 11.2. The smallest absolute Gasteiger partial charge is 0.212 e. The van der Waals surface area contributed by atoms with Crippen LogP contribution in [0.4, 0.5) is 0 Å². The summed E-state index contributed by atoms with van der Waals surface area (Å²) in [6.45, 7) is 0.830. The predicted octanol–water partition coefficient (Wildman–Crippen LogP) is 0.442. The fourth-order valence-corrected chi connectivity index (χ4v) is 3.97. The van der Waals surface area contributed by atoms with Crippen molar-refractivity contribution < 1.29 is 8.42 Å². The van der Waals surface area contributed by atoms with Gasteiger partial charge in [0, 0.05) is 6.54 Å². The minimum atomic E-state index is -3.17. The molecule has 1 fully saturated rings. The number of aryl methyl sites for hydroxylation is 1. The van der Waals surface area contributed by atoms with Crippen LogP contribution in [0.3, 0.4) is 0 Å². The molecule has 1 aromatic heterocycles. The molecule has 94 valence electrons. The molecule has 0 aromatic carbocycles. The van der Waals surface area contributed by atoms with E-state index in [0.29, 0.717) is 5.92 Å². The highest BCUT2D eigenvalue weighted by molar-refractivity contribution is 7.89. The number of nitrogens with zero attached hydrogens (tertiary/aromatic N) is 3. The van der Waals surface area contributed by atoms with Gasteiger partial charge in [-0.1, -0.05) is 0 Å². The van der Waals surface area contributed by atoms with E-state index in [1.807, 2.05) is 0 Å². The summed E-state index contributed by atoms with van der Waals surface area (Å²) in [7, 11) is -3.17. The molecule has 0 saturated heterocycles. The summed E-state index contributed by atoms with van der Waals surface area (Å²) in [6.07, 6.45) is 5.32. The molecule has 0 amide bonds. The number of sulfonamides is 1. The van der Waals surface area contributed by atoms with Gasteiger partial charge in [0.15, 0.2) is 0 Å². The van der Waals surface area contributed by atoms with Crippen molar-refractivity contribution in [1.82, 2.24) is 19.5 Å². The first-order chi connectivity index (χ1) is 8.14. The Morgan fingerprint density at radius 1 is 1.41 bits per heavy atom. The van der Waals surface area contributed by atoms with Crippen LogP contribution in [0.2, 0.25) is 0 Å². The van der Waals surface area contributed by atoms with Crippen molar-refractivity contribution in [3.63, 3.8) is 0 Å². The zero-order valence-corrected chi connectivity index (χ0v) is 10.4. The van der Waals surface area contributed by atoms with Gasteiger partial charge in [0.25, 0.3) is 0 Å². The highest BCUT2D eigenvalue weighted by Crippen LogP contribution is 2.31. The largest absolute Gasteiger partial charge is 0.248 e. The lowest BCUT2D eigenvalue weighted by molar-refractivity contribution is 0.399. The summed E-state index contributed by atoms with van der Waals surface area (Å²) < 4.78 is 28.4. The Morgan fingerprint density at radius 3 is 3.00 bits per heavy atom. The van der Waals surface area contributed by atoms with Crippen molar-refractivity contribution in [3.8, 4) is 0 Å². The summed E-state index contributed by atoms with van der Waals surface area (Å²) in [6, 6.07) is -0.199. The van der Waals surface area contributed by atoms with Crippen LogP contribution in [0.15, 0.2) is 6.33 Å². The first-order valence-electron chi connectivity index (χ1n) is 6.02. The van der Waals surface area contributed by atoms with Crippen molar-refractivity contribution in [2.75, 3.05) is 5.75 Å². The van der Waals surface area contributed by atoms with E-state index in [1.165, 1.54) is 6.33 Å². The monoisotopic (exact) mass is 256 g/mol. The Hall–Kier alpha value is -0.950. The zero-order valence-electron chi connectivity index (χ0n) is 9.54. The summed E-state index contributed by atoms with van der Waals surface area (Å²) in [5.74, 6) is 1.38. The van der Waals surface area contributed by atoms with E-state index in [1.54, 1.807) is 4.68 Å². The Labute approximate surface area is 100 Å². The van der Waals surface area contributed by atoms with Crippen molar-refractivity contribution in [2.24, 2.45) is 5.92 Å². The van der Waals surface area contributed by atoms with Gasteiger partial charge in [-0.25, -0.2) is 22.8 Å². The Morgan fingerprint density at radius 2 is 2.24 bits per heavy atom. The molecule has 17 heavy (non-hydrogen) atoms. The topological polar surface area (TPSA) is 76.9 Å². The first-order valence-corrected chi connectivity index (χ1v) is 7.67.